The van der Waals surface area contributed by atoms with Crippen LogP contribution in [-0.2, 0) is 13.6 Å². The molecule has 0 aliphatic heterocycles. The van der Waals surface area contributed by atoms with Crippen LogP contribution in [0.25, 0.3) is 22.0 Å². The number of aryl methyl sites for hydroxylation is 1. The molecule has 3 aromatic carbocycles. The number of pyridine rings is 1. The molecule has 9 heteroatoms. The van der Waals surface area contributed by atoms with Gasteiger partial charge in [0.2, 0.25) is 0 Å². The van der Waals surface area contributed by atoms with E-state index in [0.717, 1.165) is 22.3 Å². The number of nitrogens with one attached hydrogen (secondary N) is 3. The van der Waals surface area contributed by atoms with Crippen molar-refractivity contribution in [3.8, 4) is 11.1 Å². The number of benzene rings is 3. The number of nitrogen functional groups attached to an aromatic ring is 1. The topological polar surface area (TPSA) is 142 Å². The first kappa shape index (κ1) is 26.5. The maximum Gasteiger partial charge on any atom is 0.274 e. The van der Waals surface area contributed by atoms with Crippen molar-refractivity contribution in [2.45, 2.75) is 19.6 Å². The monoisotopic (exact) mass is 535 g/mol. The van der Waals surface area contributed by atoms with Crippen molar-refractivity contribution in [1.82, 2.24) is 14.9 Å². The van der Waals surface area contributed by atoms with Crippen molar-refractivity contribution in [2.24, 2.45) is 7.05 Å². The van der Waals surface area contributed by atoms with Crippen LogP contribution in [0.15, 0.2) is 89.9 Å². The number of aromatic nitrogens is 2. The second-order valence-corrected chi connectivity index (χ2v) is 9.65. The van der Waals surface area contributed by atoms with Gasteiger partial charge < -0.3 is 31.0 Å². The number of nitrogens with zero attached hydrogens (tertiary/aromatic N) is 1. The number of aliphatic hydroxyl groups excluding tert-OH is 1. The van der Waals surface area contributed by atoms with Crippen molar-refractivity contribution in [1.29, 1.82) is 0 Å². The molecule has 1 atom stereocenters. The minimum atomic E-state index is -0.637. The fourth-order valence-electron chi connectivity index (χ4n) is 4.51. The summed E-state index contributed by atoms with van der Waals surface area (Å²) < 4.78 is 1.47. The summed E-state index contributed by atoms with van der Waals surface area (Å²) in [5, 5.41) is 16.3. The first-order chi connectivity index (χ1) is 19.2. The van der Waals surface area contributed by atoms with E-state index in [1.54, 1.807) is 74.8 Å². The van der Waals surface area contributed by atoms with Crippen LogP contribution in [0, 0.1) is 0 Å². The summed E-state index contributed by atoms with van der Waals surface area (Å²) in [5.74, 6) is -0.661. The van der Waals surface area contributed by atoms with Gasteiger partial charge in [0.1, 0.15) is 11.2 Å². The first-order valence-electron chi connectivity index (χ1n) is 12.7. The summed E-state index contributed by atoms with van der Waals surface area (Å²) in [6.07, 6.45) is 1.09. The number of fused-ring (bicyclic) bond motifs is 1. The van der Waals surface area contributed by atoms with E-state index in [9.17, 15) is 19.5 Å². The number of anilines is 2. The number of H-pyrrole nitrogens is 1. The van der Waals surface area contributed by atoms with Gasteiger partial charge in [-0.25, -0.2) is 0 Å². The fraction of sp³-hybridized carbons (Fsp3) is 0.129. The van der Waals surface area contributed by atoms with Gasteiger partial charge in [0.25, 0.3) is 17.4 Å². The second-order valence-electron chi connectivity index (χ2n) is 9.65. The molecule has 5 rings (SSSR count). The highest BCUT2D eigenvalue weighted by Crippen LogP contribution is 2.29. The molecule has 5 aromatic rings. The molecule has 1 unspecified atom stereocenters. The zero-order valence-corrected chi connectivity index (χ0v) is 22.1. The van der Waals surface area contributed by atoms with Crippen LogP contribution in [0.1, 0.15) is 45.0 Å². The number of hydrogen-bond donors (Lipinski definition) is 5. The number of rotatable bonds is 7. The van der Waals surface area contributed by atoms with E-state index < -0.39 is 6.10 Å². The molecule has 0 saturated carbocycles. The number of amides is 2. The van der Waals surface area contributed by atoms with Crippen LogP contribution in [0.3, 0.4) is 0 Å². The van der Waals surface area contributed by atoms with Gasteiger partial charge in [-0.05, 0) is 60.0 Å². The molecule has 0 aliphatic rings. The Kier molecular flexibility index (Phi) is 7.22. The number of hydrogen-bond acceptors (Lipinski definition) is 5. The Balaban J connectivity index is 1.32. The second kappa shape index (κ2) is 10.9. The smallest absolute Gasteiger partial charge is 0.274 e. The SMILES string of the molecule is CC(O)c1cccc(-c2cn(C)c(=O)c3[nH]c(C(=O)NCc4ccc(C(=O)Nc5ccccc5N)cc4)cc23)c1. The van der Waals surface area contributed by atoms with Crippen molar-refractivity contribution in [2.75, 3.05) is 11.1 Å². The highest BCUT2D eigenvalue weighted by atomic mass is 16.3. The summed E-state index contributed by atoms with van der Waals surface area (Å²) in [6.45, 7) is 1.92. The lowest BCUT2D eigenvalue weighted by Gasteiger charge is -2.10. The number of carbonyl (C=O) groups excluding carboxylic acids is 2. The van der Waals surface area contributed by atoms with E-state index in [-0.39, 0.29) is 29.6 Å². The largest absolute Gasteiger partial charge is 0.397 e. The summed E-state index contributed by atoms with van der Waals surface area (Å²) in [7, 11) is 1.66. The number of aliphatic hydroxyl groups is 1. The summed E-state index contributed by atoms with van der Waals surface area (Å²) in [4.78, 5) is 41.4. The van der Waals surface area contributed by atoms with Gasteiger partial charge in [-0.15, -0.1) is 0 Å². The average Bonchev–Trinajstić information content (AvgIpc) is 3.41. The molecule has 0 radical (unpaired) electrons. The van der Waals surface area contributed by atoms with Crippen LogP contribution in [-0.4, -0.2) is 26.5 Å². The Morgan fingerprint density at radius 3 is 2.48 bits per heavy atom. The molecule has 40 heavy (non-hydrogen) atoms. The molecule has 2 amide bonds. The minimum absolute atomic E-state index is 0.225. The van der Waals surface area contributed by atoms with Crippen LogP contribution >= 0.6 is 0 Å². The van der Waals surface area contributed by atoms with E-state index in [1.165, 1.54) is 4.57 Å². The predicted octanol–water partition coefficient (Wildman–Crippen LogP) is 4.35. The quantitative estimate of drug-likeness (QED) is 0.197. The van der Waals surface area contributed by atoms with Crippen LogP contribution in [0.4, 0.5) is 11.4 Å². The highest BCUT2D eigenvalue weighted by molar-refractivity contribution is 6.06. The molecule has 2 aromatic heterocycles. The molecule has 202 valence electrons. The molecule has 0 spiro atoms. The average molecular weight is 536 g/mol. The van der Waals surface area contributed by atoms with Crippen molar-refractivity contribution < 1.29 is 14.7 Å². The van der Waals surface area contributed by atoms with E-state index in [4.69, 9.17) is 5.73 Å². The van der Waals surface area contributed by atoms with E-state index >= 15 is 0 Å². The lowest BCUT2D eigenvalue weighted by molar-refractivity contribution is 0.0945. The van der Waals surface area contributed by atoms with Gasteiger partial charge in [-0.3, -0.25) is 14.4 Å². The molecule has 0 bridgehead atoms. The third-order valence-corrected chi connectivity index (χ3v) is 6.77. The fourth-order valence-corrected chi connectivity index (χ4v) is 4.51. The van der Waals surface area contributed by atoms with Gasteiger partial charge in [0.05, 0.1) is 17.5 Å². The molecule has 0 fully saturated rings. The Hall–Kier alpha value is -5.15. The molecule has 6 N–H and O–H groups in total. The molecule has 2 heterocycles. The summed E-state index contributed by atoms with van der Waals surface area (Å²) >= 11 is 0. The molecule has 0 saturated heterocycles. The molecule has 9 nitrogen and oxygen atoms in total. The molecular formula is C31H29N5O4. The van der Waals surface area contributed by atoms with Gasteiger partial charge in [-0.2, -0.15) is 0 Å². The van der Waals surface area contributed by atoms with E-state index in [2.05, 4.69) is 15.6 Å². The van der Waals surface area contributed by atoms with Crippen LogP contribution < -0.4 is 21.9 Å². The number of para-hydroxylation sites is 2. The van der Waals surface area contributed by atoms with Crippen molar-refractivity contribution in [3.63, 3.8) is 0 Å². The highest BCUT2D eigenvalue weighted by Gasteiger charge is 2.17. The molecule has 0 aliphatic carbocycles. The lowest BCUT2D eigenvalue weighted by Crippen LogP contribution is -2.23. The summed E-state index contributed by atoms with van der Waals surface area (Å²) in [6, 6.07) is 23.0. The standard InChI is InChI=1S/C31H29N5O4/c1-18(37)21-6-5-7-22(14-21)24-17-36(2)31(40)28-23(24)15-27(34-28)30(39)33-16-19-10-12-20(13-11-19)29(38)35-26-9-4-3-8-25(26)32/h3-15,17-18,34,37H,16,32H2,1-2H3,(H,33,39)(H,35,38). The predicted molar refractivity (Wildman–Crippen MR) is 156 cm³/mol. The normalized spacial score (nSPS) is 11.8. The lowest BCUT2D eigenvalue weighted by atomic mass is 10.00. The third-order valence-electron chi connectivity index (χ3n) is 6.77. The maximum atomic E-state index is 13.0. The van der Waals surface area contributed by atoms with Gasteiger partial charge in [0.15, 0.2) is 0 Å². The zero-order valence-electron chi connectivity index (χ0n) is 22.1. The third kappa shape index (κ3) is 5.36. The Bertz CT molecular complexity index is 1780. The first-order valence-corrected chi connectivity index (χ1v) is 12.7. The van der Waals surface area contributed by atoms with E-state index in [1.807, 2.05) is 24.3 Å². The van der Waals surface area contributed by atoms with Gasteiger partial charge >= 0.3 is 0 Å². The Labute approximate surface area is 230 Å². The van der Waals surface area contributed by atoms with Crippen LogP contribution in [0.5, 0.6) is 0 Å². The van der Waals surface area contributed by atoms with Crippen molar-refractivity contribution >= 4 is 34.1 Å². The zero-order chi connectivity index (χ0) is 28.4. The van der Waals surface area contributed by atoms with Crippen LogP contribution in [0.2, 0.25) is 0 Å². The van der Waals surface area contributed by atoms with E-state index in [0.29, 0.717) is 27.8 Å². The number of nitrogens with two attached hydrogens (primary N) is 1. The Morgan fingerprint density at radius 2 is 1.75 bits per heavy atom. The maximum absolute atomic E-state index is 13.0. The van der Waals surface area contributed by atoms with Crippen molar-refractivity contribution in [3.05, 3.63) is 118 Å². The summed E-state index contributed by atoms with van der Waals surface area (Å²) in [5.41, 5.74) is 10.8. The van der Waals surface area contributed by atoms with Gasteiger partial charge in [0, 0.05) is 36.3 Å². The Morgan fingerprint density at radius 1 is 1.00 bits per heavy atom. The van der Waals surface area contributed by atoms with Gasteiger partial charge in [-0.1, -0.05) is 42.5 Å². The number of carbonyl (C=O) groups is 2. The molecular weight excluding hydrogens is 506 g/mol. The number of aromatic amines is 1. The minimum Gasteiger partial charge on any atom is -0.397 e.